The Morgan fingerprint density at radius 2 is 1.87 bits per heavy atom. The molecule has 9 nitrogen and oxygen atoms in total. The number of nitrogens with zero attached hydrogens (tertiary/aromatic N) is 4. The van der Waals surface area contributed by atoms with Crippen LogP contribution in [0.15, 0.2) is 65.6 Å². The number of ether oxygens (including phenoxy) is 1. The monoisotopic (exact) mass is 562 g/mol. The van der Waals surface area contributed by atoms with E-state index in [0.717, 1.165) is 11.3 Å². The van der Waals surface area contributed by atoms with Gasteiger partial charge in [0.15, 0.2) is 5.82 Å². The smallest absolute Gasteiger partial charge is 0.284 e. The summed E-state index contributed by atoms with van der Waals surface area (Å²) >= 11 is 13.3. The van der Waals surface area contributed by atoms with Gasteiger partial charge in [-0.15, -0.1) is 0 Å². The standard InChI is InChI=1S/C28H24Cl2N6O3/c1-3-22-24-26(33-23(34-28(24)38)12-16-7-6-9-19(11-16)39-2)36(35-22)25-20(29)13-17(14-21(25)30)27(37)32-15-18-8-4-5-10-31-18/h4-11,13-14,35H,3,12,15H2,1-2H3,(H,32,37). The number of halogens is 2. The van der Waals surface area contributed by atoms with E-state index < -0.39 is 5.56 Å². The highest BCUT2D eigenvalue weighted by Gasteiger charge is 2.26. The van der Waals surface area contributed by atoms with Crippen molar-refractivity contribution in [2.75, 3.05) is 7.11 Å². The minimum absolute atomic E-state index is 0.210. The summed E-state index contributed by atoms with van der Waals surface area (Å²) in [4.78, 5) is 39.1. The van der Waals surface area contributed by atoms with Crippen molar-refractivity contribution < 1.29 is 9.53 Å². The molecule has 3 aromatic rings. The highest BCUT2D eigenvalue weighted by Crippen LogP contribution is 2.34. The SMILES string of the molecule is CCc1[nH]n(-c2c(Cl)cc(C(=O)NCc3ccccn3)cc2Cl)c2nc(Cc3cccc(OC)c3)nc(=O)c1-2. The van der Waals surface area contributed by atoms with Crippen LogP contribution in [0.25, 0.3) is 17.1 Å². The molecule has 0 spiro atoms. The van der Waals surface area contributed by atoms with E-state index in [0.29, 0.717) is 47.2 Å². The van der Waals surface area contributed by atoms with Crippen molar-refractivity contribution in [3.8, 4) is 22.8 Å². The first-order valence-electron chi connectivity index (χ1n) is 12.2. The van der Waals surface area contributed by atoms with Crippen LogP contribution in [0.3, 0.4) is 0 Å². The maximum absolute atomic E-state index is 13.1. The molecular formula is C28H24Cl2N6O3. The predicted molar refractivity (Wildman–Crippen MR) is 149 cm³/mol. The Balaban J connectivity index is 1.51. The Morgan fingerprint density at radius 3 is 2.56 bits per heavy atom. The van der Waals surface area contributed by atoms with Gasteiger partial charge in [-0.05, 0) is 48.4 Å². The number of hydrogen-bond acceptors (Lipinski definition) is 6. The lowest BCUT2D eigenvalue weighted by Crippen LogP contribution is -2.23. The van der Waals surface area contributed by atoms with Crippen LogP contribution in [0.1, 0.15) is 40.1 Å². The van der Waals surface area contributed by atoms with E-state index in [-0.39, 0.29) is 28.1 Å². The molecule has 0 fully saturated rings. The van der Waals surface area contributed by atoms with Crippen LogP contribution < -0.4 is 15.6 Å². The zero-order valence-electron chi connectivity index (χ0n) is 21.2. The number of aryl methyl sites for hydroxylation is 1. The maximum Gasteiger partial charge on any atom is 0.284 e. The quantitative estimate of drug-likeness (QED) is 0.279. The number of nitrogens with one attached hydrogen (secondary N) is 2. The van der Waals surface area contributed by atoms with Crippen LogP contribution in [0.2, 0.25) is 10.0 Å². The van der Waals surface area contributed by atoms with Crippen LogP contribution >= 0.6 is 23.2 Å². The summed E-state index contributed by atoms with van der Waals surface area (Å²) in [5.41, 5.74) is 2.87. The van der Waals surface area contributed by atoms with Crippen molar-refractivity contribution in [3.05, 3.63) is 110 Å². The molecular weight excluding hydrogens is 539 g/mol. The van der Waals surface area contributed by atoms with Gasteiger partial charge in [0.1, 0.15) is 22.8 Å². The highest BCUT2D eigenvalue weighted by molar-refractivity contribution is 6.38. The Labute approximate surface area is 234 Å². The Kier molecular flexibility index (Phi) is 7.63. The van der Waals surface area contributed by atoms with Crippen molar-refractivity contribution in [2.45, 2.75) is 26.3 Å². The van der Waals surface area contributed by atoms with Gasteiger partial charge in [0.2, 0.25) is 0 Å². The van der Waals surface area contributed by atoms with Gasteiger partial charge in [-0.3, -0.25) is 19.7 Å². The van der Waals surface area contributed by atoms with Crippen molar-refractivity contribution in [2.24, 2.45) is 0 Å². The molecule has 3 heterocycles. The number of pyridine rings is 1. The first kappa shape index (κ1) is 26.4. The molecule has 0 aliphatic carbocycles. The van der Waals surface area contributed by atoms with Gasteiger partial charge in [-0.1, -0.05) is 48.3 Å². The first-order valence-corrected chi connectivity index (χ1v) is 12.9. The normalized spacial score (nSPS) is 11.1. The fraction of sp³-hybridized carbons (Fsp3) is 0.179. The van der Waals surface area contributed by atoms with E-state index in [1.165, 1.54) is 12.1 Å². The van der Waals surface area contributed by atoms with E-state index in [1.807, 2.05) is 43.3 Å². The number of fused-ring (bicyclic) bond motifs is 1. The van der Waals surface area contributed by atoms with Gasteiger partial charge < -0.3 is 10.1 Å². The van der Waals surface area contributed by atoms with Crippen LogP contribution in [-0.2, 0) is 19.4 Å². The summed E-state index contributed by atoms with van der Waals surface area (Å²) in [7, 11) is 1.59. The van der Waals surface area contributed by atoms with Gasteiger partial charge in [-0.25, -0.2) is 9.67 Å². The molecule has 0 radical (unpaired) electrons. The summed E-state index contributed by atoms with van der Waals surface area (Å²) in [5.74, 6) is 1.04. The third kappa shape index (κ3) is 5.50. The number of aromatic nitrogens is 5. The summed E-state index contributed by atoms with van der Waals surface area (Å²) in [6.45, 7) is 2.17. The number of rotatable bonds is 8. The molecule has 0 saturated heterocycles. The van der Waals surface area contributed by atoms with E-state index in [9.17, 15) is 9.59 Å². The third-order valence-electron chi connectivity index (χ3n) is 6.17. The molecule has 2 aliphatic rings. The lowest BCUT2D eigenvalue weighted by molar-refractivity contribution is 0.0950. The van der Waals surface area contributed by atoms with E-state index >= 15 is 0 Å². The van der Waals surface area contributed by atoms with Crippen LogP contribution in [-0.4, -0.2) is 37.7 Å². The van der Waals surface area contributed by atoms with E-state index in [2.05, 4.69) is 20.4 Å². The second kappa shape index (κ2) is 11.3. The lowest BCUT2D eigenvalue weighted by Gasteiger charge is -2.13. The second-order valence-electron chi connectivity index (χ2n) is 8.74. The topological polar surface area (TPSA) is 115 Å². The van der Waals surface area contributed by atoms with Gasteiger partial charge in [0.25, 0.3) is 11.5 Å². The molecule has 39 heavy (non-hydrogen) atoms. The summed E-state index contributed by atoms with van der Waals surface area (Å²) < 4.78 is 6.88. The molecule has 0 bridgehead atoms. The molecule has 1 amide bonds. The van der Waals surface area contributed by atoms with Gasteiger partial charge in [-0.2, -0.15) is 4.98 Å². The number of amides is 1. The first-order chi connectivity index (χ1) is 18.9. The number of hydrogen-bond donors (Lipinski definition) is 2. The fourth-order valence-corrected chi connectivity index (χ4v) is 4.95. The minimum atomic E-state index is -0.400. The van der Waals surface area contributed by atoms with Crippen LogP contribution in [0.5, 0.6) is 5.75 Å². The molecule has 2 aromatic carbocycles. The van der Waals surface area contributed by atoms with Crippen molar-refractivity contribution in [1.29, 1.82) is 0 Å². The number of H-pyrrole nitrogens is 1. The van der Waals surface area contributed by atoms with E-state index in [4.69, 9.17) is 32.9 Å². The zero-order chi connectivity index (χ0) is 27.5. The minimum Gasteiger partial charge on any atom is -0.497 e. The molecule has 2 N–H and O–H groups in total. The Hall–Kier alpha value is -4.21. The summed E-state index contributed by atoms with van der Waals surface area (Å²) in [5, 5.41) is 6.43. The van der Waals surface area contributed by atoms with Crippen molar-refractivity contribution in [3.63, 3.8) is 0 Å². The second-order valence-corrected chi connectivity index (χ2v) is 9.56. The zero-order valence-corrected chi connectivity index (χ0v) is 22.7. The number of benzene rings is 2. The third-order valence-corrected chi connectivity index (χ3v) is 6.75. The average molecular weight is 563 g/mol. The summed E-state index contributed by atoms with van der Waals surface area (Å²) in [6.07, 6.45) is 2.51. The van der Waals surface area contributed by atoms with Crippen molar-refractivity contribution in [1.82, 2.24) is 30.0 Å². The number of methoxy groups -OCH3 is 1. The Bertz CT molecular complexity index is 1660. The fourth-order valence-electron chi connectivity index (χ4n) is 4.29. The number of carbonyl (C=O) groups is 1. The lowest BCUT2D eigenvalue weighted by atomic mass is 10.1. The Morgan fingerprint density at radius 1 is 1.08 bits per heavy atom. The predicted octanol–water partition coefficient (Wildman–Crippen LogP) is 4.85. The maximum atomic E-state index is 13.1. The molecule has 5 rings (SSSR count). The molecule has 0 unspecified atom stereocenters. The molecule has 11 heteroatoms. The van der Waals surface area contributed by atoms with E-state index in [1.54, 1.807) is 24.1 Å². The molecule has 2 aliphatic heterocycles. The largest absolute Gasteiger partial charge is 0.497 e. The molecule has 1 aromatic heterocycles. The van der Waals surface area contributed by atoms with Gasteiger partial charge in [0, 0.05) is 23.9 Å². The van der Waals surface area contributed by atoms with Crippen LogP contribution in [0, 0.1) is 0 Å². The van der Waals surface area contributed by atoms with Crippen LogP contribution in [0.4, 0.5) is 0 Å². The molecule has 198 valence electrons. The molecule has 0 saturated carbocycles. The van der Waals surface area contributed by atoms with Gasteiger partial charge >= 0.3 is 0 Å². The number of carbonyl (C=O) groups excluding carboxylic acids is 1. The van der Waals surface area contributed by atoms with Crippen molar-refractivity contribution >= 4 is 29.1 Å². The highest BCUT2D eigenvalue weighted by atomic mass is 35.5. The van der Waals surface area contributed by atoms with Gasteiger partial charge in [0.05, 0.1) is 29.4 Å². The molecule has 0 atom stereocenters. The summed E-state index contributed by atoms with van der Waals surface area (Å²) in [6, 6.07) is 16.0. The number of aromatic amines is 1. The average Bonchev–Trinajstić information content (AvgIpc) is 3.30.